The lowest BCUT2D eigenvalue weighted by Crippen LogP contribution is -2.23. The molecule has 0 saturated heterocycles. The highest BCUT2D eigenvalue weighted by Crippen LogP contribution is 2.08. The van der Waals surface area contributed by atoms with E-state index in [1.54, 1.807) is 23.5 Å². The number of carbonyl (C=O) groups is 2. The molecule has 0 bridgehead atoms. The summed E-state index contributed by atoms with van der Waals surface area (Å²) >= 11 is 1.58. The molecule has 0 aliphatic rings. The summed E-state index contributed by atoms with van der Waals surface area (Å²) in [6.45, 7) is 2.00. The highest BCUT2D eigenvalue weighted by atomic mass is 32.1. The number of thiophene rings is 1. The van der Waals surface area contributed by atoms with E-state index < -0.39 is 0 Å². The SMILES string of the molecule is CNCc1ccc(C(=O)NOCc2ccccc2)cc1.O=COCc1cccs1. The van der Waals surface area contributed by atoms with Gasteiger partial charge in [0.05, 0.1) is 6.61 Å². The molecule has 0 aliphatic carbocycles. The molecule has 29 heavy (non-hydrogen) atoms. The Morgan fingerprint density at radius 1 is 0.966 bits per heavy atom. The van der Waals surface area contributed by atoms with Gasteiger partial charge in [0, 0.05) is 17.0 Å². The quantitative estimate of drug-likeness (QED) is 0.414. The largest absolute Gasteiger partial charge is 0.462 e. The molecule has 0 saturated carbocycles. The molecule has 0 radical (unpaired) electrons. The van der Waals surface area contributed by atoms with Gasteiger partial charge < -0.3 is 10.1 Å². The number of benzene rings is 2. The first-order valence-corrected chi connectivity index (χ1v) is 9.88. The Labute approximate surface area is 174 Å². The Bertz CT molecular complexity index is 837. The van der Waals surface area contributed by atoms with Crippen LogP contribution in [-0.4, -0.2) is 19.4 Å². The molecule has 0 fully saturated rings. The Morgan fingerprint density at radius 3 is 2.34 bits per heavy atom. The predicted molar refractivity (Wildman–Crippen MR) is 113 cm³/mol. The van der Waals surface area contributed by atoms with Crippen LogP contribution in [0.4, 0.5) is 0 Å². The average molecular weight is 413 g/mol. The van der Waals surface area contributed by atoms with Crippen LogP contribution < -0.4 is 10.8 Å². The molecule has 6 nitrogen and oxygen atoms in total. The number of hydroxylamine groups is 1. The topological polar surface area (TPSA) is 76.7 Å². The minimum Gasteiger partial charge on any atom is -0.462 e. The van der Waals surface area contributed by atoms with Gasteiger partial charge in [-0.2, -0.15) is 0 Å². The minimum atomic E-state index is -0.239. The maximum Gasteiger partial charge on any atom is 0.293 e. The van der Waals surface area contributed by atoms with Gasteiger partial charge in [-0.25, -0.2) is 5.48 Å². The van der Waals surface area contributed by atoms with Crippen molar-refractivity contribution in [2.24, 2.45) is 0 Å². The van der Waals surface area contributed by atoms with E-state index in [0.717, 1.165) is 22.5 Å². The normalized spacial score (nSPS) is 9.83. The van der Waals surface area contributed by atoms with Crippen molar-refractivity contribution in [3.8, 4) is 0 Å². The third-order valence-corrected chi connectivity index (χ3v) is 4.57. The molecule has 152 valence electrons. The number of carbonyl (C=O) groups excluding carboxylic acids is 2. The number of rotatable bonds is 9. The lowest BCUT2D eigenvalue weighted by Gasteiger charge is -2.07. The monoisotopic (exact) mass is 412 g/mol. The van der Waals surface area contributed by atoms with Crippen LogP contribution in [0.1, 0.15) is 26.4 Å². The molecule has 0 atom stereocenters. The Hall–Kier alpha value is -3.00. The number of nitrogens with one attached hydrogen (secondary N) is 2. The molecular weight excluding hydrogens is 388 g/mol. The van der Waals surface area contributed by atoms with E-state index in [1.807, 2.05) is 67.0 Å². The van der Waals surface area contributed by atoms with E-state index in [9.17, 15) is 9.59 Å². The van der Waals surface area contributed by atoms with Gasteiger partial charge in [-0.15, -0.1) is 11.3 Å². The van der Waals surface area contributed by atoms with Crippen LogP contribution in [0.3, 0.4) is 0 Å². The fraction of sp³-hybridized carbons (Fsp3) is 0.182. The molecule has 2 N–H and O–H groups in total. The van der Waals surface area contributed by atoms with E-state index in [-0.39, 0.29) is 5.91 Å². The highest BCUT2D eigenvalue weighted by molar-refractivity contribution is 7.09. The zero-order valence-electron chi connectivity index (χ0n) is 16.2. The molecule has 1 aromatic heterocycles. The summed E-state index contributed by atoms with van der Waals surface area (Å²) in [5, 5.41) is 5.01. The number of hydrogen-bond donors (Lipinski definition) is 2. The van der Waals surface area contributed by atoms with Crippen molar-refractivity contribution in [2.75, 3.05) is 7.05 Å². The van der Waals surface area contributed by atoms with E-state index in [0.29, 0.717) is 25.2 Å². The third kappa shape index (κ3) is 8.69. The van der Waals surface area contributed by atoms with E-state index in [2.05, 4.69) is 15.5 Å². The zero-order chi connectivity index (χ0) is 20.7. The molecule has 0 aliphatic heterocycles. The molecular formula is C22H24N2O4S. The summed E-state index contributed by atoms with van der Waals surface area (Å²) in [4.78, 5) is 27.8. The van der Waals surface area contributed by atoms with Crippen molar-refractivity contribution in [1.82, 2.24) is 10.8 Å². The Kier molecular flexibility index (Phi) is 10.2. The summed E-state index contributed by atoms with van der Waals surface area (Å²) < 4.78 is 4.51. The van der Waals surface area contributed by atoms with Crippen LogP contribution in [-0.2, 0) is 34.1 Å². The van der Waals surface area contributed by atoms with Crippen molar-refractivity contribution < 1.29 is 19.2 Å². The summed E-state index contributed by atoms with van der Waals surface area (Å²) in [5.41, 5.74) is 5.17. The third-order valence-electron chi connectivity index (χ3n) is 3.72. The molecule has 3 rings (SSSR count). The minimum absolute atomic E-state index is 0.239. The summed E-state index contributed by atoms with van der Waals surface area (Å²) in [6.07, 6.45) is 0. The van der Waals surface area contributed by atoms with Crippen LogP contribution in [0.25, 0.3) is 0 Å². The zero-order valence-corrected chi connectivity index (χ0v) is 17.0. The molecule has 7 heteroatoms. The van der Waals surface area contributed by atoms with E-state index in [4.69, 9.17) is 4.84 Å². The second kappa shape index (κ2) is 13.2. The summed E-state index contributed by atoms with van der Waals surface area (Å²) in [5.74, 6) is -0.239. The van der Waals surface area contributed by atoms with Crippen molar-refractivity contribution >= 4 is 23.7 Å². The molecule has 3 aromatic rings. The van der Waals surface area contributed by atoms with Crippen LogP contribution in [0.2, 0.25) is 0 Å². The van der Waals surface area contributed by atoms with Crippen molar-refractivity contribution in [3.05, 3.63) is 93.7 Å². The van der Waals surface area contributed by atoms with Crippen LogP contribution >= 0.6 is 11.3 Å². The maximum absolute atomic E-state index is 11.9. The average Bonchev–Trinajstić information content (AvgIpc) is 3.28. The van der Waals surface area contributed by atoms with Crippen LogP contribution in [0.5, 0.6) is 0 Å². The van der Waals surface area contributed by atoms with Gasteiger partial charge in [0.15, 0.2) is 0 Å². The summed E-state index contributed by atoms with van der Waals surface area (Å²) in [7, 11) is 1.89. The van der Waals surface area contributed by atoms with Crippen LogP contribution in [0.15, 0.2) is 72.1 Å². The lowest BCUT2D eigenvalue weighted by molar-refractivity contribution is -0.129. The molecule has 1 heterocycles. The van der Waals surface area contributed by atoms with Gasteiger partial charge in [-0.1, -0.05) is 48.5 Å². The molecule has 0 unspecified atom stereocenters. The predicted octanol–water partition coefficient (Wildman–Crippen LogP) is 3.69. The smallest absolute Gasteiger partial charge is 0.293 e. The van der Waals surface area contributed by atoms with Gasteiger partial charge in [0.25, 0.3) is 12.4 Å². The fourth-order valence-electron chi connectivity index (χ4n) is 2.31. The maximum atomic E-state index is 11.9. The number of amides is 1. The van der Waals surface area contributed by atoms with E-state index in [1.165, 1.54) is 0 Å². The Morgan fingerprint density at radius 2 is 1.72 bits per heavy atom. The van der Waals surface area contributed by atoms with Gasteiger partial charge in [0.2, 0.25) is 0 Å². The molecule has 1 amide bonds. The van der Waals surface area contributed by atoms with Crippen molar-refractivity contribution in [2.45, 2.75) is 19.8 Å². The lowest BCUT2D eigenvalue weighted by atomic mass is 10.1. The second-order valence-electron chi connectivity index (χ2n) is 5.92. The fourth-order valence-corrected chi connectivity index (χ4v) is 2.93. The first-order valence-electron chi connectivity index (χ1n) is 9.00. The second-order valence-corrected chi connectivity index (χ2v) is 6.95. The number of ether oxygens (including phenoxy) is 1. The Balaban J connectivity index is 0.000000278. The highest BCUT2D eigenvalue weighted by Gasteiger charge is 2.05. The summed E-state index contributed by atoms with van der Waals surface area (Å²) in [6, 6.07) is 20.9. The first-order chi connectivity index (χ1) is 14.2. The van der Waals surface area contributed by atoms with Gasteiger partial charge in [0.1, 0.15) is 6.61 Å². The van der Waals surface area contributed by atoms with E-state index >= 15 is 0 Å². The first kappa shape index (κ1) is 22.3. The van der Waals surface area contributed by atoms with Gasteiger partial charge >= 0.3 is 0 Å². The van der Waals surface area contributed by atoms with Crippen molar-refractivity contribution in [3.63, 3.8) is 0 Å². The van der Waals surface area contributed by atoms with Gasteiger partial charge in [-0.05, 0) is 41.8 Å². The molecule has 0 spiro atoms. The number of hydrogen-bond acceptors (Lipinski definition) is 6. The standard InChI is InChI=1S/C16H18N2O2.C6H6O2S/c1-17-11-13-7-9-15(10-8-13)16(19)18-20-12-14-5-3-2-4-6-14;7-5-8-4-6-2-1-3-9-6/h2-10,17H,11-12H2,1H3,(H,18,19);1-3,5H,4H2. The van der Waals surface area contributed by atoms with Crippen LogP contribution in [0, 0.1) is 0 Å². The van der Waals surface area contributed by atoms with Crippen molar-refractivity contribution in [1.29, 1.82) is 0 Å². The van der Waals surface area contributed by atoms with Gasteiger partial charge in [-0.3, -0.25) is 14.4 Å². The molecule has 2 aromatic carbocycles.